The minimum absolute atomic E-state index is 0.176. The zero-order valence-electron chi connectivity index (χ0n) is 13.2. The van der Waals surface area contributed by atoms with Gasteiger partial charge in [0.25, 0.3) is 0 Å². The van der Waals surface area contributed by atoms with Gasteiger partial charge in [-0.25, -0.2) is 0 Å². The summed E-state index contributed by atoms with van der Waals surface area (Å²) in [7, 11) is 0. The SMILES string of the molecule is CC[C@]1(C(C)C)CCOc2c1ccc(Cl)c2OCC1CC1. The van der Waals surface area contributed by atoms with Gasteiger partial charge in [0.2, 0.25) is 0 Å². The van der Waals surface area contributed by atoms with E-state index < -0.39 is 0 Å². The monoisotopic (exact) mass is 308 g/mol. The van der Waals surface area contributed by atoms with Gasteiger partial charge in [-0.1, -0.05) is 38.4 Å². The maximum absolute atomic E-state index is 6.38. The summed E-state index contributed by atoms with van der Waals surface area (Å²) < 4.78 is 12.0. The molecule has 1 heterocycles. The molecule has 0 N–H and O–H groups in total. The smallest absolute Gasteiger partial charge is 0.180 e. The molecule has 1 saturated carbocycles. The fourth-order valence-corrected chi connectivity index (χ4v) is 3.74. The summed E-state index contributed by atoms with van der Waals surface area (Å²) in [5.74, 6) is 2.94. The molecular weight excluding hydrogens is 284 g/mol. The lowest BCUT2D eigenvalue weighted by molar-refractivity contribution is 0.159. The fraction of sp³-hybridized carbons (Fsp3) is 0.667. The molecule has 1 aliphatic carbocycles. The van der Waals surface area contributed by atoms with E-state index in [0.717, 1.165) is 37.6 Å². The van der Waals surface area contributed by atoms with E-state index in [9.17, 15) is 0 Å². The highest BCUT2D eigenvalue weighted by molar-refractivity contribution is 6.32. The fourth-order valence-electron chi connectivity index (χ4n) is 3.54. The first-order valence-corrected chi connectivity index (χ1v) is 8.55. The number of benzene rings is 1. The highest BCUT2D eigenvalue weighted by atomic mass is 35.5. The molecule has 2 aliphatic rings. The molecule has 3 rings (SSSR count). The van der Waals surface area contributed by atoms with Crippen molar-refractivity contribution in [2.24, 2.45) is 11.8 Å². The van der Waals surface area contributed by atoms with Gasteiger partial charge in [-0.2, -0.15) is 0 Å². The molecule has 0 amide bonds. The Morgan fingerprint density at radius 3 is 2.76 bits per heavy atom. The molecule has 0 saturated heterocycles. The van der Waals surface area contributed by atoms with E-state index in [1.54, 1.807) is 0 Å². The van der Waals surface area contributed by atoms with Crippen molar-refractivity contribution < 1.29 is 9.47 Å². The summed E-state index contributed by atoms with van der Waals surface area (Å²) in [5.41, 5.74) is 1.46. The van der Waals surface area contributed by atoms with Crippen molar-refractivity contribution in [3.8, 4) is 11.5 Å². The summed E-state index contributed by atoms with van der Waals surface area (Å²) in [6.07, 6.45) is 4.74. The summed E-state index contributed by atoms with van der Waals surface area (Å²) in [6, 6.07) is 4.12. The molecule has 1 atom stereocenters. The molecule has 0 spiro atoms. The average Bonchev–Trinajstić information content (AvgIpc) is 3.29. The predicted molar refractivity (Wildman–Crippen MR) is 86.6 cm³/mol. The summed E-state index contributed by atoms with van der Waals surface area (Å²) >= 11 is 6.38. The topological polar surface area (TPSA) is 18.5 Å². The van der Waals surface area contributed by atoms with E-state index in [1.807, 2.05) is 6.07 Å². The van der Waals surface area contributed by atoms with Gasteiger partial charge in [0.1, 0.15) is 0 Å². The third-order valence-corrected chi connectivity index (χ3v) is 5.59. The minimum atomic E-state index is 0.176. The number of halogens is 1. The van der Waals surface area contributed by atoms with Crippen LogP contribution in [0.15, 0.2) is 12.1 Å². The van der Waals surface area contributed by atoms with Crippen LogP contribution in [0.25, 0.3) is 0 Å². The number of ether oxygens (including phenoxy) is 2. The molecule has 0 radical (unpaired) electrons. The predicted octanol–water partition coefficient (Wildman–Crippen LogP) is 5.22. The Hall–Kier alpha value is -0.890. The van der Waals surface area contributed by atoms with Crippen molar-refractivity contribution in [2.75, 3.05) is 13.2 Å². The lowest BCUT2D eigenvalue weighted by Gasteiger charge is -2.42. The summed E-state index contributed by atoms with van der Waals surface area (Å²) in [4.78, 5) is 0. The molecule has 3 heteroatoms. The quantitative estimate of drug-likeness (QED) is 0.743. The van der Waals surface area contributed by atoms with E-state index in [0.29, 0.717) is 16.9 Å². The molecule has 1 aliphatic heterocycles. The Morgan fingerprint density at radius 2 is 2.14 bits per heavy atom. The van der Waals surface area contributed by atoms with Crippen LogP contribution in [0.2, 0.25) is 5.02 Å². The maximum Gasteiger partial charge on any atom is 0.180 e. The van der Waals surface area contributed by atoms with Crippen LogP contribution in [0.3, 0.4) is 0 Å². The molecule has 21 heavy (non-hydrogen) atoms. The van der Waals surface area contributed by atoms with Gasteiger partial charge in [0, 0.05) is 11.0 Å². The van der Waals surface area contributed by atoms with Crippen LogP contribution in [-0.4, -0.2) is 13.2 Å². The van der Waals surface area contributed by atoms with E-state index in [1.165, 1.54) is 18.4 Å². The van der Waals surface area contributed by atoms with Gasteiger partial charge in [-0.3, -0.25) is 0 Å². The first kappa shape index (κ1) is 15.0. The highest BCUT2D eigenvalue weighted by Gasteiger charge is 2.40. The normalized spacial score (nSPS) is 24.6. The lowest BCUT2D eigenvalue weighted by atomic mass is 9.66. The molecular formula is C18H25ClO2. The molecule has 0 bridgehead atoms. The number of rotatable bonds is 5. The largest absolute Gasteiger partial charge is 0.489 e. The second-order valence-corrected chi connectivity index (χ2v) is 7.18. The number of fused-ring (bicyclic) bond motifs is 1. The van der Waals surface area contributed by atoms with E-state index in [2.05, 4.69) is 26.8 Å². The molecule has 116 valence electrons. The minimum Gasteiger partial charge on any atom is -0.489 e. The van der Waals surface area contributed by atoms with Gasteiger partial charge < -0.3 is 9.47 Å². The second-order valence-electron chi connectivity index (χ2n) is 6.77. The van der Waals surface area contributed by atoms with Gasteiger partial charge in [-0.05, 0) is 43.6 Å². The summed E-state index contributed by atoms with van der Waals surface area (Å²) in [5, 5.41) is 0.671. The Balaban J connectivity index is 2.01. The lowest BCUT2D eigenvalue weighted by Crippen LogP contribution is -2.37. The van der Waals surface area contributed by atoms with Gasteiger partial charge in [0.05, 0.1) is 18.2 Å². The molecule has 0 unspecified atom stereocenters. The third-order valence-electron chi connectivity index (χ3n) is 5.29. The molecule has 0 aromatic heterocycles. The first-order chi connectivity index (χ1) is 10.1. The maximum atomic E-state index is 6.38. The first-order valence-electron chi connectivity index (χ1n) is 8.17. The van der Waals surface area contributed by atoms with Crippen LogP contribution >= 0.6 is 11.6 Å². The Morgan fingerprint density at radius 1 is 1.38 bits per heavy atom. The van der Waals surface area contributed by atoms with Crippen LogP contribution in [-0.2, 0) is 5.41 Å². The second kappa shape index (κ2) is 5.72. The number of hydrogen-bond donors (Lipinski definition) is 0. The van der Waals surface area contributed by atoms with Crippen molar-refractivity contribution in [2.45, 2.75) is 51.9 Å². The van der Waals surface area contributed by atoms with Crippen LogP contribution in [0, 0.1) is 11.8 Å². The standard InChI is InChI=1S/C18H25ClO2/c1-4-18(12(2)3)9-10-20-16-14(18)7-8-15(19)17(16)21-11-13-5-6-13/h7-8,12-13H,4-6,9-11H2,1-3H3/t18-/m1/s1. The Labute approximate surface area is 132 Å². The molecule has 2 nitrogen and oxygen atoms in total. The van der Waals surface area contributed by atoms with Gasteiger partial charge in [-0.15, -0.1) is 0 Å². The van der Waals surface area contributed by atoms with E-state index in [-0.39, 0.29) is 5.41 Å². The van der Waals surface area contributed by atoms with Crippen molar-refractivity contribution in [1.82, 2.24) is 0 Å². The number of hydrogen-bond acceptors (Lipinski definition) is 2. The zero-order valence-corrected chi connectivity index (χ0v) is 14.0. The van der Waals surface area contributed by atoms with E-state index >= 15 is 0 Å². The molecule has 1 aromatic rings. The molecule has 1 fully saturated rings. The van der Waals surface area contributed by atoms with Crippen LogP contribution in [0.1, 0.15) is 52.0 Å². The average molecular weight is 309 g/mol. The Kier molecular flexibility index (Phi) is 4.09. The molecule has 1 aromatic carbocycles. The van der Waals surface area contributed by atoms with Crippen LogP contribution < -0.4 is 9.47 Å². The third kappa shape index (κ3) is 2.63. The van der Waals surface area contributed by atoms with Gasteiger partial charge >= 0.3 is 0 Å². The van der Waals surface area contributed by atoms with Crippen molar-refractivity contribution in [1.29, 1.82) is 0 Å². The van der Waals surface area contributed by atoms with E-state index in [4.69, 9.17) is 21.1 Å². The van der Waals surface area contributed by atoms with Crippen molar-refractivity contribution in [3.05, 3.63) is 22.7 Å². The van der Waals surface area contributed by atoms with Crippen molar-refractivity contribution in [3.63, 3.8) is 0 Å². The highest BCUT2D eigenvalue weighted by Crippen LogP contribution is 2.51. The van der Waals surface area contributed by atoms with Crippen LogP contribution in [0.5, 0.6) is 11.5 Å². The van der Waals surface area contributed by atoms with Gasteiger partial charge in [0.15, 0.2) is 11.5 Å². The summed E-state index contributed by atoms with van der Waals surface area (Å²) in [6.45, 7) is 8.39. The Bertz CT molecular complexity index is 522. The van der Waals surface area contributed by atoms with Crippen molar-refractivity contribution >= 4 is 11.6 Å². The van der Waals surface area contributed by atoms with Crippen LogP contribution in [0.4, 0.5) is 0 Å². The zero-order chi connectivity index (χ0) is 15.0.